The molecule has 1 aromatic rings. The molecule has 0 saturated carbocycles. The van der Waals surface area contributed by atoms with Crippen LogP contribution >= 0.6 is 0 Å². The lowest BCUT2D eigenvalue weighted by molar-refractivity contribution is 0.664. The molecular weight excluding hydrogens is 194 g/mol. The van der Waals surface area contributed by atoms with Crippen LogP contribution in [0.3, 0.4) is 0 Å². The first-order valence-corrected chi connectivity index (χ1v) is 6.76. The number of hydrogen-bond acceptors (Lipinski definition) is 0. The minimum absolute atomic E-state index is 0. The summed E-state index contributed by atoms with van der Waals surface area (Å²) in [6.45, 7) is 6.35. The molecule has 0 aliphatic heterocycles. The largest absolute Gasteiger partial charge is 0.358 e. The van der Waals surface area contributed by atoms with E-state index < -0.39 is 0 Å². The van der Waals surface area contributed by atoms with E-state index in [0.29, 0.717) is 0 Å². The average molecular weight is 219 g/mol. The Labute approximate surface area is 100 Å². The molecule has 0 aromatic carbocycles. The first-order valence-electron chi connectivity index (χ1n) is 6.76. The van der Waals surface area contributed by atoms with Crippen LogP contribution in [-0.2, 0) is 12.8 Å². The number of aromatic nitrogens is 1. The van der Waals surface area contributed by atoms with E-state index in [4.69, 9.17) is 0 Å². The highest BCUT2D eigenvalue weighted by atomic mass is 14.7. The predicted molar refractivity (Wildman–Crippen MR) is 73.0 cm³/mol. The van der Waals surface area contributed by atoms with Gasteiger partial charge in [-0.1, -0.05) is 26.8 Å². The number of H-pyrrole nitrogens is 1. The van der Waals surface area contributed by atoms with Crippen LogP contribution in [0.2, 0.25) is 0 Å². The molecule has 16 heavy (non-hydrogen) atoms. The molecule has 1 aromatic heterocycles. The van der Waals surface area contributed by atoms with Crippen molar-refractivity contribution in [1.29, 1.82) is 0 Å². The topological polar surface area (TPSA) is 15.8 Å². The third kappa shape index (κ3) is 1.83. The lowest BCUT2D eigenvalue weighted by atomic mass is 9.85. The van der Waals surface area contributed by atoms with Gasteiger partial charge < -0.3 is 4.98 Å². The Morgan fingerprint density at radius 1 is 1.25 bits per heavy atom. The van der Waals surface area contributed by atoms with Crippen LogP contribution < -0.4 is 0 Å². The van der Waals surface area contributed by atoms with Gasteiger partial charge in [0.2, 0.25) is 0 Å². The lowest BCUT2D eigenvalue weighted by Crippen LogP contribution is -2.05. The minimum atomic E-state index is 0. The molecule has 0 saturated heterocycles. The molecule has 0 radical (unpaired) electrons. The van der Waals surface area contributed by atoms with E-state index in [1.54, 1.807) is 11.1 Å². The van der Waals surface area contributed by atoms with Gasteiger partial charge in [0.25, 0.3) is 0 Å². The van der Waals surface area contributed by atoms with Crippen molar-refractivity contribution in [1.82, 2.24) is 4.98 Å². The predicted octanol–water partition coefficient (Wildman–Crippen LogP) is 4.69. The fraction of sp³-hybridized carbons (Fsp3) is 0.600. The van der Waals surface area contributed by atoms with Crippen molar-refractivity contribution in [2.45, 2.75) is 58.8 Å². The highest BCUT2D eigenvalue weighted by Gasteiger charge is 2.23. The van der Waals surface area contributed by atoms with E-state index in [1.165, 1.54) is 43.5 Å². The fourth-order valence-electron chi connectivity index (χ4n) is 2.94. The van der Waals surface area contributed by atoms with Crippen molar-refractivity contribution >= 4 is 6.08 Å². The average Bonchev–Trinajstić information content (AvgIpc) is 2.71. The third-order valence-electron chi connectivity index (χ3n) is 3.64. The van der Waals surface area contributed by atoms with Gasteiger partial charge in [-0.2, -0.15) is 0 Å². The van der Waals surface area contributed by atoms with Crippen LogP contribution in [0.1, 0.15) is 69.9 Å². The fourth-order valence-corrected chi connectivity index (χ4v) is 2.94. The van der Waals surface area contributed by atoms with Crippen LogP contribution in [0.4, 0.5) is 0 Å². The summed E-state index contributed by atoms with van der Waals surface area (Å²) >= 11 is 0. The molecule has 0 amide bonds. The van der Waals surface area contributed by atoms with E-state index in [0.717, 1.165) is 5.92 Å². The molecule has 0 fully saturated rings. The number of aryl methyl sites for hydroxylation is 1. The SMILES string of the molecule is CC.CC1CC=Cc2[nH]c3c(c21)CCCC3.[HH]. The van der Waals surface area contributed by atoms with Gasteiger partial charge in [0, 0.05) is 12.8 Å². The maximum absolute atomic E-state index is 3.60. The molecule has 2 aliphatic rings. The summed E-state index contributed by atoms with van der Waals surface area (Å²) in [6, 6.07) is 0. The Hall–Kier alpha value is -0.980. The first-order chi connectivity index (χ1) is 7.86. The van der Waals surface area contributed by atoms with Crippen molar-refractivity contribution in [3.8, 4) is 0 Å². The van der Waals surface area contributed by atoms with E-state index >= 15 is 0 Å². The summed E-state index contributed by atoms with van der Waals surface area (Å²) < 4.78 is 0. The van der Waals surface area contributed by atoms with E-state index in [9.17, 15) is 0 Å². The number of allylic oxidation sites excluding steroid dienone is 1. The molecule has 0 bridgehead atoms. The van der Waals surface area contributed by atoms with Gasteiger partial charge >= 0.3 is 0 Å². The molecule has 90 valence electrons. The van der Waals surface area contributed by atoms with Crippen LogP contribution in [0, 0.1) is 0 Å². The smallest absolute Gasteiger partial charge is 0.0417 e. The van der Waals surface area contributed by atoms with Crippen molar-refractivity contribution in [2.75, 3.05) is 0 Å². The van der Waals surface area contributed by atoms with E-state index in [-0.39, 0.29) is 1.43 Å². The highest BCUT2D eigenvalue weighted by molar-refractivity contribution is 5.59. The van der Waals surface area contributed by atoms with Gasteiger partial charge in [-0.15, -0.1) is 0 Å². The van der Waals surface area contributed by atoms with Crippen LogP contribution in [0.25, 0.3) is 6.08 Å². The maximum Gasteiger partial charge on any atom is 0.0417 e. The molecule has 1 atom stereocenters. The number of aromatic amines is 1. The molecule has 1 heteroatoms. The zero-order valence-electron chi connectivity index (χ0n) is 10.8. The summed E-state index contributed by atoms with van der Waals surface area (Å²) in [5, 5.41) is 0. The van der Waals surface area contributed by atoms with Gasteiger partial charge in [0.05, 0.1) is 0 Å². The zero-order valence-corrected chi connectivity index (χ0v) is 10.8. The normalized spacial score (nSPS) is 21.8. The lowest BCUT2D eigenvalue weighted by Gasteiger charge is -2.18. The standard InChI is InChI=1S/C13H17N.C2H6.H2/c1-9-5-4-8-12-13(9)10-6-2-3-7-11(10)14-12;1-2;/h4,8-9,14H,2-3,5-7H2,1H3;1-2H3;1H. The molecule has 0 spiro atoms. The summed E-state index contributed by atoms with van der Waals surface area (Å²) in [6.07, 6.45) is 11.1. The molecular formula is C15H25N. The minimum Gasteiger partial charge on any atom is -0.358 e. The summed E-state index contributed by atoms with van der Waals surface area (Å²) in [7, 11) is 0. The highest BCUT2D eigenvalue weighted by Crippen LogP contribution is 2.36. The quantitative estimate of drug-likeness (QED) is 0.651. The Balaban J connectivity index is 0.000000459. The molecule has 1 N–H and O–H groups in total. The Morgan fingerprint density at radius 2 is 2.00 bits per heavy atom. The Morgan fingerprint density at radius 3 is 2.81 bits per heavy atom. The number of nitrogens with one attached hydrogen (secondary N) is 1. The number of fused-ring (bicyclic) bond motifs is 3. The second kappa shape index (κ2) is 4.90. The molecule has 1 unspecified atom stereocenters. The second-order valence-corrected chi connectivity index (χ2v) is 4.66. The summed E-state index contributed by atoms with van der Waals surface area (Å²) in [5.74, 6) is 0.730. The maximum atomic E-state index is 3.60. The number of hydrogen-bond donors (Lipinski definition) is 1. The Kier molecular flexibility index (Phi) is 3.52. The van der Waals surface area contributed by atoms with Crippen LogP contribution in [0.5, 0.6) is 0 Å². The van der Waals surface area contributed by atoms with Gasteiger partial charge in [0.1, 0.15) is 0 Å². The van der Waals surface area contributed by atoms with Crippen LogP contribution in [-0.4, -0.2) is 4.98 Å². The molecule has 3 rings (SSSR count). The van der Waals surface area contributed by atoms with Gasteiger partial charge in [-0.3, -0.25) is 0 Å². The van der Waals surface area contributed by atoms with Gasteiger partial charge in [-0.25, -0.2) is 0 Å². The second-order valence-electron chi connectivity index (χ2n) is 4.66. The van der Waals surface area contributed by atoms with E-state index in [1.807, 2.05) is 13.8 Å². The van der Waals surface area contributed by atoms with Crippen LogP contribution in [0.15, 0.2) is 6.08 Å². The van der Waals surface area contributed by atoms with Crippen molar-refractivity contribution in [2.24, 2.45) is 0 Å². The number of rotatable bonds is 0. The monoisotopic (exact) mass is 219 g/mol. The summed E-state index contributed by atoms with van der Waals surface area (Å²) in [4.78, 5) is 3.60. The third-order valence-corrected chi connectivity index (χ3v) is 3.64. The zero-order chi connectivity index (χ0) is 11.5. The van der Waals surface area contributed by atoms with Gasteiger partial charge in [-0.05, 0) is 55.2 Å². The molecule has 1 heterocycles. The molecule has 2 aliphatic carbocycles. The van der Waals surface area contributed by atoms with Crippen molar-refractivity contribution in [3.05, 3.63) is 28.6 Å². The summed E-state index contributed by atoms with van der Waals surface area (Å²) in [5.41, 5.74) is 6.21. The van der Waals surface area contributed by atoms with Crippen molar-refractivity contribution in [3.63, 3.8) is 0 Å². The Bertz CT molecular complexity index is 390. The van der Waals surface area contributed by atoms with E-state index in [2.05, 4.69) is 24.1 Å². The van der Waals surface area contributed by atoms with Crippen molar-refractivity contribution < 1.29 is 1.43 Å². The van der Waals surface area contributed by atoms with Gasteiger partial charge in [0.15, 0.2) is 0 Å². The first kappa shape index (κ1) is 11.5. The molecule has 1 nitrogen and oxygen atoms in total.